The summed E-state index contributed by atoms with van der Waals surface area (Å²) in [6.45, 7) is 4.42. The van der Waals surface area contributed by atoms with Crippen LogP contribution in [0, 0.1) is 5.92 Å². The van der Waals surface area contributed by atoms with Crippen LogP contribution in [0.3, 0.4) is 0 Å². The molecular weight excluding hydrogens is 218 g/mol. The van der Waals surface area contributed by atoms with Crippen LogP contribution in [0.15, 0.2) is 24.3 Å². The third kappa shape index (κ3) is 3.50. The van der Waals surface area contributed by atoms with Crippen LogP contribution in [-0.4, -0.2) is 0 Å². The third-order valence-electron chi connectivity index (χ3n) is 3.23. The minimum Gasteiger partial charge on any atom is -0.324 e. The molecule has 0 spiro atoms. The van der Waals surface area contributed by atoms with Gasteiger partial charge in [0.15, 0.2) is 0 Å². The summed E-state index contributed by atoms with van der Waals surface area (Å²) in [4.78, 5) is 0. The van der Waals surface area contributed by atoms with Gasteiger partial charge in [-0.15, -0.1) is 0 Å². The molecule has 0 aromatic heterocycles. The lowest BCUT2D eigenvalue weighted by atomic mass is 9.87. The molecule has 0 bridgehead atoms. The predicted molar refractivity (Wildman–Crippen MR) is 71.7 cm³/mol. The quantitative estimate of drug-likeness (QED) is 0.774. The van der Waals surface area contributed by atoms with Crippen LogP contribution in [0.1, 0.15) is 51.1 Å². The standard InChI is InChI=1S/C14H22ClN/c1-3-5-8-11(4-2)14(16)12-9-6-7-10-13(12)15/h6-7,9-11,14H,3-5,8,16H2,1-2H3. The predicted octanol–water partition coefficient (Wildman–Crippen LogP) is 4.56. The van der Waals surface area contributed by atoms with Crippen LogP contribution < -0.4 is 5.73 Å². The molecule has 0 saturated carbocycles. The number of rotatable bonds is 6. The van der Waals surface area contributed by atoms with Gasteiger partial charge in [0.1, 0.15) is 0 Å². The maximum atomic E-state index is 6.31. The van der Waals surface area contributed by atoms with Crippen molar-refractivity contribution in [3.05, 3.63) is 34.9 Å². The van der Waals surface area contributed by atoms with Gasteiger partial charge >= 0.3 is 0 Å². The summed E-state index contributed by atoms with van der Waals surface area (Å²) in [6.07, 6.45) is 4.79. The second kappa shape index (κ2) is 6.93. The summed E-state index contributed by atoms with van der Waals surface area (Å²) in [5.74, 6) is 0.542. The molecule has 90 valence electrons. The fraction of sp³-hybridized carbons (Fsp3) is 0.571. The van der Waals surface area contributed by atoms with Crippen molar-refractivity contribution < 1.29 is 0 Å². The molecule has 16 heavy (non-hydrogen) atoms. The molecule has 2 unspecified atom stereocenters. The first kappa shape index (κ1) is 13.5. The molecule has 0 aliphatic heterocycles. The second-order valence-corrected chi connectivity index (χ2v) is 4.77. The highest BCUT2D eigenvalue weighted by molar-refractivity contribution is 6.31. The van der Waals surface area contributed by atoms with Crippen LogP contribution in [0.2, 0.25) is 5.02 Å². The van der Waals surface area contributed by atoms with E-state index in [1.54, 1.807) is 0 Å². The van der Waals surface area contributed by atoms with Gasteiger partial charge in [-0.1, -0.05) is 62.9 Å². The van der Waals surface area contributed by atoms with E-state index in [-0.39, 0.29) is 6.04 Å². The highest BCUT2D eigenvalue weighted by Gasteiger charge is 2.18. The number of hydrogen-bond donors (Lipinski definition) is 1. The Labute approximate surface area is 104 Å². The molecule has 0 amide bonds. The Bertz CT molecular complexity index is 311. The molecule has 0 aliphatic carbocycles. The van der Waals surface area contributed by atoms with Gasteiger partial charge in [-0.3, -0.25) is 0 Å². The van der Waals surface area contributed by atoms with Crippen LogP contribution in [-0.2, 0) is 0 Å². The molecule has 2 heteroatoms. The van der Waals surface area contributed by atoms with Gasteiger partial charge < -0.3 is 5.73 Å². The summed E-state index contributed by atoms with van der Waals surface area (Å²) >= 11 is 6.17. The summed E-state index contributed by atoms with van der Waals surface area (Å²) in [5, 5.41) is 0.796. The van der Waals surface area contributed by atoms with Crippen LogP contribution in [0.4, 0.5) is 0 Å². The van der Waals surface area contributed by atoms with Crippen LogP contribution >= 0.6 is 11.6 Å². The van der Waals surface area contributed by atoms with Gasteiger partial charge in [0.25, 0.3) is 0 Å². The normalized spacial score (nSPS) is 14.8. The van der Waals surface area contributed by atoms with Gasteiger partial charge in [0.2, 0.25) is 0 Å². The molecule has 2 N–H and O–H groups in total. The molecule has 0 fully saturated rings. The maximum absolute atomic E-state index is 6.31. The molecule has 1 aromatic rings. The highest BCUT2D eigenvalue weighted by atomic mass is 35.5. The second-order valence-electron chi connectivity index (χ2n) is 4.36. The Morgan fingerprint density at radius 1 is 1.25 bits per heavy atom. The molecule has 0 radical (unpaired) electrons. The minimum atomic E-state index is 0.0743. The van der Waals surface area contributed by atoms with E-state index in [0.29, 0.717) is 5.92 Å². The lowest BCUT2D eigenvalue weighted by Gasteiger charge is -2.23. The number of hydrogen-bond acceptors (Lipinski definition) is 1. The van der Waals surface area contributed by atoms with Crippen molar-refractivity contribution in [1.82, 2.24) is 0 Å². The topological polar surface area (TPSA) is 26.0 Å². The number of nitrogens with two attached hydrogens (primary N) is 1. The summed E-state index contributed by atoms with van der Waals surface area (Å²) in [6, 6.07) is 7.99. The molecular formula is C14H22ClN. The third-order valence-corrected chi connectivity index (χ3v) is 3.57. The lowest BCUT2D eigenvalue weighted by Crippen LogP contribution is -2.21. The first-order valence-corrected chi connectivity index (χ1v) is 6.58. The Hall–Kier alpha value is -0.530. The van der Waals surface area contributed by atoms with E-state index in [1.165, 1.54) is 19.3 Å². The largest absolute Gasteiger partial charge is 0.324 e. The van der Waals surface area contributed by atoms with Crippen LogP contribution in [0.5, 0.6) is 0 Å². The monoisotopic (exact) mass is 239 g/mol. The van der Waals surface area contributed by atoms with Crippen molar-refractivity contribution in [1.29, 1.82) is 0 Å². The van der Waals surface area contributed by atoms with Crippen molar-refractivity contribution in [2.75, 3.05) is 0 Å². The van der Waals surface area contributed by atoms with Gasteiger partial charge in [-0.2, -0.15) is 0 Å². The van der Waals surface area contributed by atoms with E-state index in [0.717, 1.165) is 17.0 Å². The van der Waals surface area contributed by atoms with Gasteiger partial charge in [0.05, 0.1) is 0 Å². The first-order valence-electron chi connectivity index (χ1n) is 6.20. The zero-order valence-corrected chi connectivity index (χ0v) is 11.0. The fourth-order valence-corrected chi connectivity index (χ4v) is 2.37. The Morgan fingerprint density at radius 3 is 2.50 bits per heavy atom. The maximum Gasteiger partial charge on any atom is 0.0453 e. The van der Waals surface area contributed by atoms with E-state index in [2.05, 4.69) is 13.8 Å². The average Bonchev–Trinajstić information content (AvgIpc) is 2.30. The Balaban J connectivity index is 2.74. The SMILES string of the molecule is CCCCC(CC)C(N)c1ccccc1Cl. The Kier molecular flexibility index (Phi) is 5.86. The van der Waals surface area contributed by atoms with Crippen molar-refractivity contribution in [2.45, 2.75) is 45.6 Å². The highest BCUT2D eigenvalue weighted by Crippen LogP contribution is 2.30. The zero-order valence-electron chi connectivity index (χ0n) is 10.2. The van der Waals surface area contributed by atoms with Crippen molar-refractivity contribution >= 4 is 11.6 Å². The van der Waals surface area contributed by atoms with Crippen molar-refractivity contribution in [2.24, 2.45) is 11.7 Å². The van der Waals surface area contributed by atoms with Crippen molar-refractivity contribution in [3.63, 3.8) is 0 Å². The van der Waals surface area contributed by atoms with Crippen LogP contribution in [0.25, 0.3) is 0 Å². The first-order chi connectivity index (χ1) is 7.70. The minimum absolute atomic E-state index is 0.0743. The molecule has 1 rings (SSSR count). The number of halogens is 1. The molecule has 2 atom stereocenters. The molecule has 0 aliphatic rings. The van der Waals surface area contributed by atoms with Gasteiger partial charge in [0, 0.05) is 11.1 Å². The smallest absolute Gasteiger partial charge is 0.0453 e. The van der Waals surface area contributed by atoms with Crippen molar-refractivity contribution in [3.8, 4) is 0 Å². The van der Waals surface area contributed by atoms with E-state index in [4.69, 9.17) is 17.3 Å². The molecule has 1 nitrogen and oxygen atoms in total. The average molecular weight is 240 g/mol. The Morgan fingerprint density at radius 2 is 1.94 bits per heavy atom. The van der Waals surface area contributed by atoms with E-state index in [9.17, 15) is 0 Å². The molecule has 0 saturated heterocycles. The van der Waals surface area contributed by atoms with Gasteiger partial charge in [-0.25, -0.2) is 0 Å². The summed E-state index contributed by atoms with van der Waals surface area (Å²) in [5.41, 5.74) is 7.40. The molecule has 0 heterocycles. The lowest BCUT2D eigenvalue weighted by molar-refractivity contribution is 0.378. The number of unbranched alkanes of at least 4 members (excludes halogenated alkanes) is 1. The molecule has 1 aromatic carbocycles. The van der Waals surface area contributed by atoms with E-state index >= 15 is 0 Å². The summed E-state index contributed by atoms with van der Waals surface area (Å²) in [7, 11) is 0. The fourth-order valence-electron chi connectivity index (χ4n) is 2.10. The van der Waals surface area contributed by atoms with E-state index in [1.807, 2.05) is 24.3 Å². The van der Waals surface area contributed by atoms with E-state index < -0.39 is 0 Å². The zero-order chi connectivity index (χ0) is 12.0. The number of benzene rings is 1. The summed E-state index contributed by atoms with van der Waals surface area (Å²) < 4.78 is 0. The van der Waals surface area contributed by atoms with Gasteiger partial charge in [-0.05, 0) is 24.0 Å².